The van der Waals surface area contributed by atoms with E-state index in [1.165, 1.54) is 0 Å². The molecule has 2 rings (SSSR count). The topological polar surface area (TPSA) is 65.0 Å². The molecule has 0 fully saturated rings. The van der Waals surface area contributed by atoms with E-state index in [1.54, 1.807) is 19.1 Å². The van der Waals surface area contributed by atoms with Crippen LogP contribution in [-0.4, -0.2) is 31.3 Å². The molecule has 0 aliphatic carbocycles. The summed E-state index contributed by atoms with van der Waals surface area (Å²) in [6, 6.07) is 5.38. The zero-order chi connectivity index (χ0) is 13.0. The van der Waals surface area contributed by atoms with Gasteiger partial charge in [0.15, 0.2) is 0 Å². The summed E-state index contributed by atoms with van der Waals surface area (Å²) in [6.45, 7) is 2.82. The average Bonchev–Trinajstić information content (AvgIpc) is 2.71. The molecule has 1 aliphatic heterocycles. The molecule has 1 aromatic carbocycles. The first-order valence-corrected chi connectivity index (χ1v) is 5.91. The van der Waals surface area contributed by atoms with Gasteiger partial charge in [0.1, 0.15) is 5.75 Å². The smallest absolute Gasteiger partial charge is 0.491 e. The normalized spacial score (nSPS) is 13.3. The largest absolute Gasteiger partial charge is 0.493 e. The van der Waals surface area contributed by atoms with Gasteiger partial charge in [-0.25, -0.2) is 0 Å². The van der Waals surface area contributed by atoms with Crippen molar-refractivity contribution in [3.63, 3.8) is 0 Å². The van der Waals surface area contributed by atoms with Crippen LogP contribution in [0.5, 0.6) is 5.75 Å². The molecule has 1 aliphatic rings. The summed E-state index contributed by atoms with van der Waals surface area (Å²) in [5, 5.41) is 9.54. The van der Waals surface area contributed by atoms with Gasteiger partial charge >= 0.3 is 13.1 Å². The second kappa shape index (κ2) is 5.88. The number of carbonyl (C=O) groups excluding carboxylic acids is 1. The van der Waals surface area contributed by atoms with Crippen molar-refractivity contribution in [1.29, 1.82) is 0 Å². The Bertz CT molecular complexity index is 434. The van der Waals surface area contributed by atoms with E-state index in [1.807, 2.05) is 6.07 Å². The Balaban J connectivity index is 1.87. The molecule has 5 nitrogen and oxygen atoms in total. The highest BCUT2D eigenvalue weighted by molar-refractivity contribution is 6.61. The zero-order valence-electron chi connectivity index (χ0n) is 10.2. The van der Waals surface area contributed by atoms with Crippen LogP contribution in [0.2, 0.25) is 0 Å². The van der Waals surface area contributed by atoms with Gasteiger partial charge in [-0.15, -0.1) is 0 Å². The monoisotopic (exact) mass is 250 g/mol. The van der Waals surface area contributed by atoms with Crippen LogP contribution in [0.1, 0.15) is 18.9 Å². The fraction of sp³-hybridized carbons (Fsp3) is 0.417. The lowest BCUT2D eigenvalue weighted by Crippen LogP contribution is -2.28. The van der Waals surface area contributed by atoms with E-state index >= 15 is 0 Å². The number of fused-ring (bicyclic) bond motifs is 1. The van der Waals surface area contributed by atoms with Crippen LogP contribution in [0.3, 0.4) is 0 Å². The minimum Gasteiger partial charge on any atom is -0.493 e. The Kier molecular flexibility index (Phi) is 4.22. The highest BCUT2D eigenvalue weighted by Gasteiger charge is 2.27. The molecule has 1 heterocycles. The molecule has 96 valence electrons. The second-order valence-electron chi connectivity index (χ2n) is 3.93. The molecular weight excluding hydrogens is 235 g/mol. The van der Waals surface area contributed by atoms with Gasteiger partial charge in [-0.1, -0.05) is 6.07 Å². The third kappa shape index (κ3) is 3.03. The maximum Gasteiger partial charge on any atom is 0.491 e. The van der Waals surface area contributed by atoms with Crippen molar-refractivity contribution in [2.75, 3.05) is 13.2 Å². The molecule has 0 radical (unpaired) electrons. The van der Waals surface area contributed by atoms with E-state index in [9.17, 15) is 9.82 Å². The lowest BCUT2D eigenvalue weighted by Gasteiger charge is -2.07. The summed E-state index contributed by atoms with van der Waals surface area (Å²) in [4.78, 5) is 11.1. The van der Waals surface area contributed by atoms with E-state index in [4.69, 9.17) is 14.1 Å². The van der Waals surface area contributed by atoms with Crippen molar-refractivity contribution in [3.05, 3.63) is 23.8 Å². The summed E-state index contributed by atoms with van der Waals surface area (Å²) in [7, 11) is -0.881. The van der Waals surface area contributed by atoms with Crippen molar-refractivity contribution in [1.82, 2.24) is 0 Å². The maximum atomic E-state index is 11.1. The van der Waals surface area contributed by atoms with Gasteiger partial charge in [-0.05, 0) is 30.1 Å². The van der Waals surface area contributed by atoms with Gasteiger partial charge in [0.05, 0.1) is 26.2 Å². The number of ether oxygens (including phenoxy) is 2. The summed E-state index contributed by atoms with van der Waals surface area (Å²) in [5.74, 6) is 0.338. The minimum absolute atomic E-state index is 0.212. The number of benzene rings is 1. The molecule has 6 heteroatoms. The van der Waals surface area contributed by atoms with Gasteiger partial charge in [0.25, 0.3) is 0 Å². The van der Waals surface area contributed by atoms with Gasteiger partial charge in [0.2, 0.25) is 0 Å². The zero-order valence-corrected chi connectivity index (χ0v) is 10.2. The van der Waals surface area contributed by atoms with Crippen molar-refractivity contribution in [2.45, 2.75) is 20.0 Å². The summed E-state index contributed by atoms with van der Waals surface area (Å²) in [6.07, 6.45) is 0.212. The molecule has 0 aromatic heterocycles. The third-order valence-electron chi connectivity index (χ3n) is 2.66. The fourth-order valence-corrected chi connectivity index (χ4v) is 1.77. The van der Waals surface area contributed by atoms with Crippen molar-refractivity contribution in [2.24, 2.45) is 0 Å². The van der Waals surface area contributed by atoms with Crippen molar-refractivity contribution < 1.29 is 23.9 Å². The van der Waals surface area contributed by atoms with E-state index in [0.29, 0.717) is 19.0 Å². The van der Waals surface area contributed by atoms with Gasteiger partial charge in [-0.3, -0.25) is 4.79 Å². The van der Waals surface area contributed by atoms with Crippen LogP contribution < -0.4 is 10.2 Å². The van der Waals surface area contributed by atoms with Crippen LogP contribution >= 0.6 is 0 Å². The SMILES string of the molecule is CCOC(=O)CCOc1ccc2c(c1)B(O)OC2. The lowest BCUT2D eigenvalue weighted by atomic mass is 9.79. The predicted molar refractivity (Wildman–Crippen MR) is 65.6 cm³/mol. The number of hydrogen-bond donors (Lipinski definition) is 1. The average molecular weight is 250 g/mol. The second-order valence-corrected chi connectivity index (χ2v) is 3.93. The number of esters is 1. The summed E-state index contributed by atoms with van der Waals surface area (Å²) in [5.41, 5.74) is 1.68. The first kappa shape index (κ1) is 12.9. The van der Waals surface area contributed by atoms with E-state index < -0.39 is 7.12 Å². The van der Waals surface area contributed by atoms with Crippen LogP contribution in [-0.2, 0) is 20.8 Å². The molecule has 0 amide bonds. The lowest BCUT2D eigenvalue weighted by molar-refractivity contribution is -0.143. The quantitative estimate of drug-likeness (QED) is 0.598. The standard InChI is InChI=1S/C12H15BO5/c1-2-16-12(14)5-6-17-10-4-3-9-8-18-13(15)11(9)7-10/h3-4,7,15H,2,5-6,8H2,1H3. The third-order valence-corrected chi connectivity index (χ3v) is 2.66. The highest BCUT2D eigenvalue weighted by Crippen LogP contribution is 2.16. The molecule has 18 heavy (non-hydrogen) atoms. The van der Waals surface area contributed by atoms with Crippen molar-refractivity contribution in [3.8, 4) is 5.75 Å². The number of rotatable bonds is 5. The van der Waals surface area contributed by atoms with Crippen LogP contribution in [0, 0.1) is 0 Å². The van der Waals surface area contributed by atoms with Crippen LogP contribution in [0.4, 0.5) is 0 Å². The van der Waals surface area contributed by atoms with Gasteiger partial charge in [-0.2, -0.15) is 0 Å². The maximum absolute atomic E-state index is 11.1. The van der Waals surface area contributed by atoms with Crippen molar-refractivity contribution >= 4 is 18.6 Å². The highest BCUT2D eigenvalue weighted by atomic mass is 16.5. The molecule has 0 spiro atoms. The molecule has 0 saturated heterocycles. The van der Waals surface area contributed by atoms with Gasteiger partial charge in [0, 0.05) is 0 Å². The molecule has 0 atom stereocenters. The molecule has 0 saturated carbocycles. The molecule has 0 unspecified atom stereocenters. The number of hydrogen-bond acceptors (Lipinski definition) is 5. The molecular formula is C12H15BO5. The van der Waals surface area contributed by atoms with Crippen LogP contribution in [0.15, 0.2) is 18.2 Å². The van der Waals surface area contributed by atoms with E-state index in [-0.39, 0.29) is 19.0 Å². The Morgan fingerprint density at radius 1 is 1.56 bits per heavy atom. The Morgan fingerprint density at radius 2 is 2.39 bits per heavy atom. The predicted octanol–water partition coefficient (Wildman–Crippen LogP) is 0.236. The Labute approximate surface area is 106 Å². The van der Waals surface area contributed by atoms with E-state index in [2.05, 4.69) is 0 Å². The summed E-state index contributed by atoms with van der Waals surface area (Å²) < 4.78 is 15.3. The van der Waals surface area contributed by atoms with Gasteiger partial charge < -0.3 is 19.2 Å². The first-order chi connectivity index (χ1) is 8.70. The Hall–Kier alpha value is -1.53. The number of carbonyl (C=O) groups is 1. The first-order valence-electron chi connectivity index (χ1n) is 5.91. The molecule has 0 bridgehead atoms. The minimum atomic E-state index is -0.881. The molecule has 1 N–H and O–H groups in total. The summed E-state index contributed by atoms with van der Waals surface area (Å²) >= 11 is 0. The fourth-order valence-electron chi connectivity index (χ4n) is 1.77. The van der Waals surface area contributed by atoms with Crippen LogP contribution in [0.25, 0.3) is 0 Å². The molecule has 1 aromatic rings. The van der Waals surface area contributed by atoms with E-state index in [0.717, 1.165) is 11.0 Å². The Morgan fingerprint density at radius 3 is 3.17 bits per heavy atom.